The third-order valence-corrected chi connectivity index (χ3v) is 2.50. The van der Waals surface area contributed by atoms with Crippen LogP contribution in [0.25, 0.3) is 11.8 Å². The van der Waals surface area contributed by atoms with Crippen LogP contribution >= 0.6 is 0 Å². The largest absolute Gasteiger partial charge is 0.489 e. The summed E-state index contributed by atoms with van der Waals surface area (Å²) in [5.41, 5.74) is 1.13. The van der Waals surface area contributed by atoms with Gasteiger partial charge in [0, 0.05) is 10.8 Å². The summed E-state index contributed by atoms with van der Waals surface area (Å²) in [7, 11) is 0. The number of hydrogen-bond donors (Lipinski definition) is 0. The molecule has 1 unspecified atom stereocenters. The molecule has 67 valence electrons. The molecule has 14 heavy (non-hydrogen) atoms. The Hall–Kier alpha value is -1.76. The lowest BCUT2D eigenvalue weighted by molar-refractivity contribution is 0.274. The van der Waals surface area contributed by atoms with E-state index in [0.717, 1.165) is 10.8 Å². The number of ether oxygens (including phenoxy) is 1. The maximum absolute atomic E-state index is 5.58. The molecule has 0 bridgehead atoms. The van der Waals surface area contributed by atoms with Crippen molar-refractivity contribution in [3.8, 4) is 0 Å². The molecule has 0 spiro atoms. The first-order chi connectivity index (χ1) is 6.95. The molecule has 1 aromatic rings. The van der Waals surface area contributed by atoms with Gasteiger partial charge in [0.1, 0.15) is 6.10 Å². The van der Waals surface area contributed by atoms with E-state index in [4.69, 9.17) is 4.74 Å². The molecule has 1 atom stereocenters. The topological polar surface area (TPSA) is 9.23 Å². The third-order valence-electron chi connectivity index (χ3n) is 2.50. The average molecular weight is 181 g/mol. The van der Waals surface area contributed by atoms with E-state index in [0.29, 0.717) is 0 Å². The van der Waals surface area contributed by atoms with Crippen LogP contribution in [0.5, 0.6) is 0 Å². The monoisotopic (exact) mass is 181 g/mol. The second kappa shape index (κ2) is 2.88. The Labute approximate surface area is 82.3 Å². The summed E-state index contributed by atoms with van der Waals surface area (Å²) in [6, 6.07) is 8.22. The van der Waals surface area contributed by atoms with Crippen LogP contribution in [-0.2, 0) is 4.74 Å². The summed E-state index contributed by atoms with van der Waals surface area (Å²) >= 11 is 0. The van der Waals surface area contributed by atoms with E-state index in [1.54, 1.807) is 0 Å². The summed E-state index contributed by atoms with van der Waals surface area (Å²) in [5, 5.41) is 2.36. The van der Waals surface area contributed by atoms with Crippen LogP contribution in [0.2, 0.25) is 0 Å². The summed E-state index contributed by atoms with van der Waals surface area (Å²) in [6.07, 6.45) is 11.0. The fraction of sp³-hybridized carbons (Fsp3) is 0.0769. The van der Waals surface area contributed by atoms with Crippen molar-refractivity contribution in [1.29, 1.82) is 0 Å². The van der Waals surface area contributed by atoms with Crippen molar-refractivity contribution >= 4 is 11.8 Å². The number of rotatable bonds is 0. The molecule has 1 aromatic carbocycles. The molecule has 0 fully saturated rings. The molecule has 0 saturated carbocycles. The highest BCUT2D eigenvalue weighted by molar-refractivity contribution is 5.63. The van der Waals surface area contributed by atoms with E-state index in [2.05, 4.69) is 18.2 Å². The lowest BCUT2D eigenvalue weighted by Gasteiger charge is -2.19. The predicted molar refractivity (Wildman–Crippen MR) is 55.4 cm³/mol. The van der Waals surface area contributed by atoms with Gasteiger partial charge in [-0.2, -0.15) is 0 Å². The molecule has 1 aliphatic heterocycles. The van der Waals surface area contributed by atoms with E-state index in [9.17, 15) is 0 Å². The maximum Gasteiger partial charge on any atom is 0.143 e. The van der Waals surface area contributed by atoms with Crippen LogP contribution in [0.15, 0.2) is 42.5 Å². The Bertz CT molecular complexity index is 535. The van der Waals surface area contributed by atoms with Crippen molar-refractivity contribution in [1.82, 2.24) is 0 Å². The first-order valence-electron chi connectivity index (χ1n) is 4.66. The molecule has 1 heteroatoms. The van der Waals surface area contributed by atoms with Gasteiger partial charge in [-0.25, -0.2) is 0 Å². The summed E-state index contributed by atoms with van der Waals surface area (Å²) < 4.78 is 5.58. The zero-order valence-corrected chi connectivity index (χ0v) is 7.60. The molecule has 0 saturated heterocycles. The van der Waals surface area contributed by atoms with Gasteiger partial charge < -0.3 is 4.74 Å². The minimum absolute atomic E-state index is 0.0508. The van der Waals surface area contributed by atoms with E-state index in [-0.39, 0.29) is 6.10 Å². The standard InChI is InChI=1S/C13H9O/c1-2-6-11-10(5-1)9-14-13-8-4-3-7-12(11)13/h1-6,8-9,13H. The van der Waals surface area contributed by atoms with Crippen molar-refractivity contribution in [2.45, 2.75) is 6.10 Å². The van der Waals surface area contributed by atoms with Crippen LogP contribution in [0.4, 0.5) is 0 Å². The number of fused-ring (bicyclic) bond motifs is 2. The average Bonchev–Trinajstić information content (AvgIpc) is 2.29. The molecule has 1 nitrogen and oxygen atoms in total. The molecule has 0 N–H and O–H groups in total. The SMILES string of the molecule is [C]1=CC=CC2OC=c3ccccc3=C12. The molecule has 2 aliphatic rings. The van der Waals surface area contributed by atoms with Crippen molar-refractivity contribution < 1.29 is 4.74 Å². The van der Waals surface area contributed by atoms with Crippen molar-refractivity contribution in [2.75, 3.05) is 0 Å². The number of allylic oxidation sites excluding steroid dienone is 2. The number of benzene rings is 1. The van der Waals surface area contributed by atoms with E-state index < -0.39 is 0 Å². The first kappa shape index (κ1) is 7.63. The fourth-order valence-corrected chi connectivity index (χ4v) is 1.81. The quantitative estimate of drug-likeness (QED) is 0.578. The fourth-order valence-electron chi connectivity index (χ4n) is 1.81. The minimum Gasteiger partial charge on any atom is -0.489 e. The van der Waals surface area contributed by atoms with Gasteiger partial charge in [0.25, 0.3) is 0 Å². The Balaban J connectivity index is 2.40. The first-order valence-corrected chi connectivity index (χ1v) is 4.66. The van der Waals surface area contributed by atoms with Gasteiger partial charge in [0.05, 0.1) is 6.26 Å². The molecule has 3 rings (SSSR count). The molecular weight excluding hydrogens is 172 g/mol. The second-order valence-electron chi connectivity index (χ2n) is 3.37. The summed E-state index contributed by atoms with van der Waals surface area (Å²) in [6.45, 7) is 0. The van der Waals surface area contributed by atoms with Crippen LogP contribution in [0.3, 0.4) is 0 Å². The van der Waals surface area contributed by atoms with Crippen LogP contribution < -0.4 is 10.4 Å². The van der Waals surface area contributed by atoms with Crippen molar-refractivity contribution in [3.05, 3.63) is 59.0 Å². The van der Waals surface area contributed by atoms with Gasteiger partial charge >= 0.3 is 0 Å². The minimum atomic E-state index is 0.0508. The highest BCUT2D eigenvalue weighted by Gasteiger charge is 2.15. The Morgan fingerprint density at radius 2 is 2.14 bits per heavy atom. The smallest absolute Gasteiger partial charge is 0.143 e. The van der Waals surface area contributed by atoms with Gasteiger partial charge in [-0.15, -0.1) is 0 Å². The van der Waals surface area contributed by atoms with Crippen LogP contribution in [0, 0.1) is 6.08 Å². The summed E-state index contributed by atoms with van der Waals surface area (Å²) in [5.74, 6) is 0. The van der Waals surface area contributed by atoms with Gasteiger partial charge in [-0.1, -0.05) is 36.4 Å². The van der Waals surface area contributed by atoms with E-state index in [1.165, 1.54) is 5.22 Å². The second-order valence-corrected chi connectivity index (χ2v) is 3.37. The molecule has 0 aromatic heterocycles. The lowest BCUT2D eigenvalue weighted by Crippen LogP contribution is -2.35. The molecule has 0 amide bonds. The summed E-state index contributed by atoms with van der Waals surface area (Å²) in [4.78, 5) is 0. The van der Waals surface area contributed by atoms with E-state index >= 15 is 0 Å². The molecular formula is C13H9O. The predicted octanol–water partition coefficient (Wildman–Crippen LogP) is 0.903. The zero-order chi connectivity index (χ0) is 9.38. The maximum atomic E-state index is 5.58. The molecule has 1 radical (unpaired) electrons. The van der Waals surface area contributed by atoms with Gasteiger partial charge in [0.15, 0.2) is 0 Å². The Kier molecular flexibility index (Phi) is 1.57. The zero-order valence-electron chi connectivity index (χ0n) is 7.60. The highest BCUT2D eigenvalue weighted by atomic mass is 16.5. The normalized spacial score (nSPS) is 22.0. The van der Waals surface area contributed by atoms with Crippen molar-refractivity contribution in [2.24, 2.45) is 0 Å². The van der Waals surface area contributed by atoms with Crippen molar-refractivity contribution in [3.63, 3.8) is 0 Å². The van der Waals surface area contributed by atoms with Crippen LogP contribution in [-0.4, -0.2) is 6.10 Å². The van der Waals surface area contributed by atoms with Crippen LogP contribution in [0.1, 0.15) is 0 Å². The molecule has 1 aliphatic carbocycles. The van der Waals surface area contributed by atoms with Gasteiger partial charge in [-0.3, -0.25) is 0 Å². The third kappa shape index (κ3) is 1.02. The Morgan fingerprint density at radius 3 is 3.14 bits per heavy atom. The number of hydrogen-bond acceptors (Lipinski definition) is 1. The highest BCUT2D eigenvalue weighted by Crippen LogP contribution is 2.15. The molecule has 1 heterocycles. The van der Waals surface area contributed by atoms with Gasteiger partial charge in [0.2, 0.25) is 0 Å². The van der Waals surface area contributed by atoms with E-state index in [1.807, 2.05) is 36.6 Å². The Morgan fingerprint density at radius 1 is 1.21 bits per heavy atom. The van der Waals surface area contributed by atoms with Gasteiger partial charge in [-0.05, 0) is 17.4 Å². The lowest BCUT2D eigenvalue weighted by atomic mass is 9.99.